The molecule has 0 aliphatic rings. The topological polar surface area (TPSA) is 88.9 Å². The van der Waals surface area contributed by atoms with Gasteiger partial charge in [-0.3, -0.25) is 9.59 Å². The lowest BCUT2D eigenvalue weighted by Gasteiger charge is -2.09. The number of thioether (sulfide) groups is 1. The molecule has 0 atom stereocenters. The van der Waals surface area contributed by atoms with Gasteiger partial charge in [0.1, 0.15) is 11.6 Å². The maximum Gasteiger partial charge on any atom is 0.234 e. The Bertz CT molecular complexity index is 1090. The molecule has 0 bridgehead atoms. The molecule has 2 N–H and O–H groups in total. The fourth-order valence-corrected chi connectivity index (χ4v) is 3.94. The van der Waals surface area contributed by atoms with Gasteiger partial charge in [-0.1, -0.05) is 35.0 Å². The first kappa shape index (κ1) is 23.1. The van der Waals surface area contributed by atoms with Crippen molar-refractivity contribution in [2.45, 2.75) is 25.0 Å². The Labute approximate surface area is 192 Å². The van der Waals surface area contributed by atoms with Crippen molar-refractivity contribution < 1.29 is 14.0 Å². The van der Waals surface area contributed by atoms with Gasteiger partial charge in [-0.15, -0.1) is 10.2 Å². The van der Waals surface area contributed by atoms with E-state index < -0.39 is 0 Å². The van der Waals surface area contributed by atoms with Crippen LogP contribution in [0.4, 0.5) is 15.8 Å². The van der Waals surface area contributed by atoms with Gasteiger partial charge in [0.05, 0.1) is 22.9 Å². The molecule has 3 aromatic rings. The van der Waals surface area contributed by atoms with E-state index in [2.05, 4.69) is 20.8 Å². The van der Waals surface area contributed by atoms with Crippen molar-refractivity contribution in [1.29, 1.82) is 0 Å². The van der Waals surface area contributed by atoms with Crippen molar-refractivity contribution in [3.8, 4) is 0 Å². The minimum absolute atomic E-state index is 0.00858. The molecule has 31 heavy (non-hydrogen) atoms. The summed E-state index contributed by atoms with van der Waals surface area (Å²) in [5, 5.41) is 14.9. The van der Waals surface area contributed by atoms with E-state index in [1.165, 1.54) is 36.0 Å². The Balaban J connectivity index is 1.58. The fraction of sp³-hybridized carbons (Fsp3) is 0.200. The van der Waals surface area contributed by atoms with E-state index >= 15 is 0 Å². The number of carbonyl (C=O) groups is 2. The molecule has 1 heterocycles. The molecule has 11 heteroatoms. The lowest BCUT2D eigenvalue weighted by atomic mass is 10.3. The predicted octanol–water partition coefficient (Wildman–Crippen LogP) is 4.66. The highest BCUT2D eigenvalue weighted by atomic mass is 35.5. The maximum atomic E-state index is 13.0. The van der Waals surface area contributed by atoms with Gasteiger partial charge in [0.15, 0.2) is 5.16 Å². The van der Waals surface area contributed by atoms with Crippen molar-refractivity contribution >= 4 is 58.2 Å². The number of hydrogen-bond donors (Lipinski definition) is 2. The smallest absolute Gasteiger partial charge is 0.234 e. The van der Waals surface area contributed by atoms with Crippen molar-refractivity contribution in [1.82, 2.24) is 14.8 Å². The van der Waals surface area contributed by atoms with Crippen molar-refractivity contribution in [3.05, 3.63) is 64.2 Å². The van der Waals surface area contributed by atoms with Gasteiger partial charge in [0.2, 0.25) is 11.8 Å². The van der Waals surface area contributed by atoms with Crippen LogP contribution in [0.5, 0.6) is 0 Å². The molecule has 2 aromatic carbocycles. The molecule has 0 aliphatic carbocycles. The summed E-state index contributed by atoms with van der Waals surface area (Å²) in [7, 11) is 0. The first-order valence-electron chi connectivity index (χ1n) is 9.21. The summed E-state index contributed by atoms with van der Waals surface area (Å²) >= 11 is 13.1. The first-order chi connectivity index (χ1) is 14.9. The third-order valence-corrected chi connectivity index (χ3v) is 5.61. The molecule has 0 saturated heterocycles. The van der Waals surface area contributed by atoms with Crippen molar-refractivity contribution in [2.24, 2.45) is 0 Å². The number of hydrogen-bond acceptors (Lipinski definition) is 5. The SMILES string of the molecule is CCn1c(CC(=O)Nc2ccc(F)cc2)nnc1SCC(=O)Nc1ccc(Cl)cc1Cl. The molecule has 0 spiro atoms. The normalized spacial score (nSPS) is 10.7. The Morgan fingerprint density at radius 1 is 1.06 bits per heavy atom. The minimum atomic E-state index is -0.382. The van der Waals surface area contributed by atoms with Crippen LogP contribution in [-0.4, -0.2) is 32.3 Å². The summed E-state index contributed by atoms with van der Waals surface area (Å²) in [5.41, 5.74) is 0.952. The van der Waals surface area contributed by atoms with Crippen LogP contribution in [0, 0.1) is 5.82 Å². The van der Waals surface area contributed by atoms with Gasteiger partial charge in [0, 0.05) is 17.3 Å². The van der Waals surface area contributed by atoms with E-state index in [9.17, 15) is 14.0 Å². The van der Waals surface area contributed by atoms with E-state index in [1.807, 2.05) is 6.92 Å². The van der Waals surface area contributed by atoms with Gasteiger partial charge >= 0.3 is 0 Å². The van der Waals surface area contributed by atoms with Gasteiger partial charge in [0.25, 0.3) is 0 Å². The van der Waals surface area contributed by atoms with Crippen LogP contribution in [0.25, 0.3) is 0 Å². The number of aromatic nitrogens is 3. The van der Waals surface area contributed by atoms with E-state index in [-0.39, 0.29) is 29.8 Å². The number of halogens is 3. The molecule has 2 amide bonds. The third kappa shape index (κ3) is 6.43. The van der Waals surface area contributed by atoms with Crippen LogP contribution in [-0.2, 0) is 22.6 Å². The highest BCUT2D eigenvalue weighted by Crippen LogP contribution is 2.26. The average Bonchev–Trinajstić information content (AvgIpc) is 3.11. The molecule has 0 saturated carbocycles. The second-order valence-corrected chi connectivity index (χ2v) is 8.12. The summed E-state index contributed by atoms with van der Waals surface area (Å²) < 4.78 is 14.7. The summed E-state index contributed by atoms with van der Waals surface area (Å²) in [4.78, 5) is 24.6. The zero-order chi connectivity index (χ0) is 22.4. The number of nitrogens with one attached hydrogen (secondary N) is 2. The number of carbonyl (C=O) groups excluding carboxylic acids is 2. The van der Waals surface area contributed by atoms with Gasteiger partial charge in [-0.05, 0) is 49.4 Å². The molecule has 162 valence electrons. The number of anilines is 2. The second kappa shape index (κ2) is 10.6. The Morgan fingerprint density at radius 2 is 1.81 bits per heavy atom. The second-order valence-electron chi connectivity index (χ2n) is 6.34. The van der Waals surface area contributed by atoms with Crippen LogP contribution in [0.15, 0.2) is 47.6 Å². The molecule has 0 aliphatic heterocycles. The Hall–Kier alpha value is -2.62. The van der Waals surface area contributed by atoms with Crippen molar-refractivity contribution in [2.75, 3.05) is 16.4 Å². The van der Waals surface area contributed by atoms with Crippen LogP contribution < -0.4 is 10.6 Å². The maximum absolute atomic E-state index is 13.0. The molecule has 0 unspecified atom stereocenters. The molecular formula is C20H18Cl2FN5O2S. The van der Waals surface area contributed by atoms with Crippen LogP contribution in [0.3, 0.4) is 0 Å². The van der Waals surface area contributed by atoms with E-state index in [0.717, 1.165) is 0 Å². The Kier molecular flexibility index (Phi) is 7.89. The van der Waals surface area contributed by atoms with E-state index in [4.69, 9.17) is 23.2 Å². The lowest BCUT2D eigenvalue weighted by molar-refractivity contribution is -0.116. The summed E-state index contributed by atoms with van der Waals surface area (Å²) in [6, 6.07) is 10.3. The molecule has 0 fully saturated rings. The number of benzene rings is 2. The molecule has 3 rings (SSSR count). The molecule has 1 aromatic heterocycles. The zero-order valence-corrected chi connectivity index (χ0v) is 18.7. The highest BCUT2D eigenvalue weighted by molar-refractivity contribution is 7.99. The van der Waals surface area contributed by atoms with Gasteiger partial charge in [-0.2, -0.15) is 0 Å². The summed E-state index contributed by atoms with van der Waals surface area (Å²) in [6.07, 6.45) is -0.00858. The lowest BCUT2D eigenvalue weighted by Crippen LogP contribution is -2.18. The third-order valence-electron chi connectivity index (χ3n) is 4.09. The van der Waals surface area contributed by atoms with E-state index in [0.29, 0.717) is 38.9 Å². The standard InChI is InChI=1S/C20H18Cl2FN5O2S/c1-2-28-17(10-18(29)24-14-6-4-13(23)5-7-14)26-27-20(28)31-11-19(30)25-16-8-3-12(21)9-15(16)22/h3-9H,2,10-11H2,1H3,(H,24,29)(H,25,30). The zero-order valence-electron chi connectivity index (χ0n) is 16.4. The van der Waals surface area contributed by atoms with Gasteiger partial charge < -0.3 is 15.2 Å². The molecular weight excluding hydrogens is 464 g/mol. The van der Waals surface area contributed by atoms with Gasteiger partial charge in [-0.25, -0.2) is 4.39 Å². The predicted molar refractivity (Wildman–Crippen MR) is 120 cm³/mol. The number of nitrogens with zero attached hydrogens (tertiary/aromatic N) is 3. The van der Waals surface area contributed by atoms with Crippen LogP contribution >= 0.6 is 35.0 Å². The highest BCUT2D eigenvalue weighted by Gasteiger charge is 2.16. The monoisotopic (exact) mass is 481 g/mol. The quantitative estimate of drug-likeness (QED) is 0.456. The number of amides is 2. The fourth-order valence-electron chi connectivity index (χ4n) is 2.66. The first-order valence-corrected chi connectivity index (χ1v) is 10.9. The summed E-state index contributed by atoms with van der Waals surface area (Å²) in [5.74, 6) is -0.409. The average molecular weight is 482 g/mol. The minimum Gasteiger partial charge on any atom is -0.326 e. The summed E-state index contributed by atoms with van der Waals surface area (Å²) in [6.45, 7) is 2.42. The largest absolute Gasteiger partial charge is 0.326 e. The van der Waals surface area contributed by atoms with Crippen LogP contribution in [0.2, 0.25) is 10.0 Å². The van der Waals surface area contributed by atoms with Crippen LogP contribution in [0.1, 0.15) is 12.7 Å². The molecule has 0 radical (unpaired) electrons. The van der Waals surface area contributed by atoms with Crippen molar-refractivity contribution in [3.63, 3.8) is 0 Å². The Morgan fingerprint density at radius 3 is 2.48 bits per heavy atom. The van der Waals surface area contributed by atoms with E-state index in [1.54, 1.807) is 22.8 Å². The molecule has 7 nitrogen and oxygen atoms in total. The number of rotatable bonds is 8.